The van der Waals surface area contributed by atoms with Crippen LogP contribution < -0.4 is 5.73 Å². The number of nitrogens with two attached hydrogens (primary N) is 1. The van der Waals surface area contributed by atoms with Crippen LogP contribution in [0.3, 0.4) is 0 Å². The SMILES string of the molecule is CCOC(=O)C[C@H](N)c1cc(Cl)cc(C(C)(O)C(F)(F)F)c1. The van der Waals surface area contributed by atoms with E-state index in [4.69, 9.17) is 22.1 Å². The van der Waals surface area contributed by atoms with Crippen LogP contribution in [-0.2, 0) is 15.1 Å². The van der Waals surface area contributed by atoms with Crippen LogP contribution in [0.4, 0.5) is 13.2 Å². The number of carbonyl (C=O) groups is 1. The fourth-order valence-corrected chi connectivity index (χ4v) is 2.03. The lowest BCUT2D eigenvalue weighted by molar-refractivity contribution is -0.258. The number of carbonyl (C=O) groups excluding carboxylic acids is 1. The fraction of sp³-hybridized carbons (Fsp3) is 0.500. The molecule has 0 amide bonds. The van der Waals surface area contributed by atoms with Gasteiger partial charge in [0.15, 0.2) is 5.60 Å². The van der Waals surface area contributed by atoms with Gasteiger partial charge in [0.2, 0.25) is 0 Å². The summed E-state index contributed by atoms with van der Waals surface area (Å²) in [5.41, 5.74) is 2.49. The van der Waals surface area contributed by atoms with Gasteiger partial charge in [0, 0.05) is 11.1 Å². The summed E-state index contributed by atoms with van der Waals surface area (Å²) in [5.74, 6) is -0.570. The second kappa shape index (κ2) is 6.85. The zero-order chi connectivity index (χ0) is 17.1. The van der Waals surface area contributed by atoms with Crippen molar-refractivity contribution in [1.29, 1.82) is 0 Å². The third-order valence-electron chi connectivity index (χ3n) is 3.15. The van der Waals surface area contributed by atoms with Crippen molar-refractivity contribution in [3.63, 3.8) is 0 Å². The first-order valence-electron chi connectivity index (χ1n) is 6.50. The lowest BCUT2D eigenvalue weighted by Crippen LogP contribution is -2.39. The Labute approximate surface area is 131 Å². The summed E-state index contributed by atoms with van der Waals surface area (Å²) in [6.07, 6.45) is -5.08. The number of ether oxygens (including phenoxy) is 1. The maximum atomic E-state index is 12.9. The molecular formula is C14H17ClF3NO3. The number of esters is 1. The van der Waals surface area contributed by atoms with Crippen LogP contribution in [0.2, 0.25) is 5.02 Å². The standard InChI is InChI=1S/C14H17ClF3NO3/c1-3-22-12(20)7-11(19)8-4-9(6-10(15)5-8)13(2,21)14(16,17)18/h4-6,11,21H,3,7,19H2,1-2H3/t11-,13?/m0/s1. The van der Waals surface area contributed by atoms with Gasteiger partial charge in [-0.05, 0) is 37.1 Å². The third kappa shape index (κ3) is 4.34. The van der Waals surface area contributed by atoms with Crippen LogP contribution >= 0.6 is 11.6 Å². The quantitative estimate of drug-likeness (QED) is 0.809. The molecule has 2 atom stereocenters. The highest BCUT2D eigenvalue weighted by molar-refractivity contribution is 6.30. The smallest absolute Gasteiger partial charge is 0.421 e. The highest BCUT2D eigenvalue weighted by Crippen LogP contribution is 2.40. The molecule has 4 nitrogen and oxygen atoms in total. The normalized spacial score (nSPS) is 16.0. The van der Waals surface area contributed by atoms with Crippen molar-refractivity contribution in [1.82, 2.24) is 0 Å². The van der Waals surface area contributed by atoms with Crippen LogP contribution in [0, 0.1) is 0 Å². The molecule has 0 aromatic heterocycles. The summed E-state index contributed by atoms with van der Waals surface area (Å²) >= 11 is 5.80. The van der Waals surface area contributed by atoms with E-state index < -0.39 is 29.4 Å². The highest BCUT2D eigenvalue weighted by atomic mass is 35.5. The van der Waals surface area contributed by atoms with Gasteiger partial charge in [-0.25, -0.2) is 0 Å². The summed E-state index contributed by atoms with van der Waals surface area (Å²) in [5, 5.41) is 9.69. The van der Waals surface area contributed by atoms with E-state index >= 15 is 0 Å². The largest absolute Gasteiger partial charge is 0.466 e. The number of hydrogen-bond acceptors (Lipinski definition) is 4. The molecule has 0 bridgehead atoms. The van der Waals surface area contributed by atoms with E-state index in [1.807, 2.05) is 0 Å². The Morgan fingerprint density at radius 3 is 2.50 bits per heavy atom. The Morgan fingerprint density at radius 1 is 1.41 bits per heavy atom. The number of benzene rings is 1. The van der Waals surface area contributed by atoms with Crippen molar-refractivity contribution in [2.75, 3.05) is 6.61 Å². The van der Waals surface area contributed by atoms with Gasteiger partial charge in [0.25, 0.3) is 0 Å². The molecule has 22 heavy (non-hydrogen) atoms. The zero-order valence-corrected chi connectivity index (χ0v) is 12.8. The topological polar surface area (TPSA) is 72.5 Å². The van der Waals surface area contributed by atoms with E-state index in [0.717, 1.165) is 12.1 Å². The lowest BCUT2D eigenvalue weighted by atomic mass is 9.91. The van der Waals surface area contributed by atoms with Crippen LogP contribution in [0.1, 0.15) is 37.4 Å². The molecular weight excluding hydrogens is 323 g/mol. The van der Waals surface area contributed by atoms with Crippen molar-refractivity contribution < 1.29 is 27.8 Å². The number of alkyl halides is 3. The molecule has 1 rings (SSSR count). The number of rotatable bonds is 5. The minimum atomic E-state index is -4.87. The van der Waals surface area contributed by atoms with Crippen molar-refractivity contribution in [3.8, 4) is 0 Å². The van der Waals surface area contributed by atoms with Gasteiger partial charge in [-0.15, -0.1) is 0 Å². The summed E-state index contributed by atoms with van der Waals surface area (Å²) < 4.78 is 43.4. The molecule has 0 aliphatic rings. The maximum absolute atomic E-state index is 12.9. The summed E-state index contributed by atoms with van der Waals surface area (Å²) in [6.45, 7) is 2.43. The van der Waals surface area contributed by atoms with Crippen molar-refractivity contribution >= 4 is 17.6 Å². The van der Waals surface area contributed by atoms with Crippen LogP contribution in [-0.4, -0.2) is 23.9 Å². The Morgan fingerprint density at radius 2 is 2.00 bits per heavy atom. The first-order valence-corrected chi connectivity index (χ1v) is 6.88. The molecule has 3 N–H and O–H groups in total. The predicted octanol–water partition coefficient (Wildman–Crippen LogP) is 3.06. The molecule has 1 aromatic carbocycles. The van der Waals surface area contributed by atoms with Crippen molar-refractivity contribution in [2.24, 2.45) is 5.73 Å². The Hall–Kier alpha value is -1.31. The minimum absolute atomic E-state index is 0.0173. The van der Waals surface area contributed by atoms with Gasteiger partial charge in [0.05, 0.1) is 13.0 Å². The molecule has 0 heterocycles. The lowest BCUT2D eigenvalue weighted by Gasteiger charge is -2.27. The van der Waals surface area contributed by atoms with E-state index in [1.54, 1.807) is 6.92 Å². The molecule has 0 aliphatic heterocycles. The van der Waals surface area contributed by atoms with Gasteiger partial charge in [-0.2, -0.15) is 13.2 Å². The van der Waals surface area contributed by atoms with Gasteiger partial charge >= 0.3 is 12.1 Å². The third-order valence-corrected chi connectivity index (χ3v) is 3.37. The van der Waals surface area contributed by atoms with E-state index in [0.29, 0.717) is 6.92 Å². The second-order valence-electron chi connectivity index (χ2n) is 4.96. The monoisotopic (exact) mass is 339 g/mol. The van der Waals surface area contributed by atoms with Gasteiger partial charge in [-0.3, -0.25) is 4.79 Å². The summed E-state index contributed by atoms with van der Waals surface area (Å²) in [4.78, 5) is 11.4. The molecule has 1 aromatic rings. The zero-order valence-electron chi connectivity index (χ0n) is 12.1. The average molecular weight is 340 g/mol. The molecule has 0 fully saturated rings. The van der Waals surface area contributed by atoms with E-state index in [9.17, 15) is 23.1 Å². The Kier molecular flexibility index (Phi) is 5.83. The van der Waals surface area contributed by atoms with E-state index in [2.05, 4.69) is 0 Å². The Bertz CT molecular complexity index is 547. The number of hydrogen-bond donors (Lipinski definition) is 2. The molecule has 0 saturated heterocycles. The average Bonchev–Trinajstić information content (AvgIpc) is 2.36. The fourth-order valence-electron chi connectivity index (χ4n) is 1.79. The first-order chi connectivity index (χ1) is 9.99. The van der Waals surface area contributed by atoms with Crippen LogP contribution in [0.15, 0.2) is 18.2 Å². The second-order valence-corrected chi connectivity index (χ2v) is 5.40. The molecule has 1 unspecified atom stereocenters. The van der Waals surface area contributed by atoms with Gasteiger partial charge in [0.1, 0.15) is 0 Å². The summed E-state index contributed by atoms with van der Waals surface area (Å²) in [6, 6.07) is 2.56. The maximum Gasteiger partial charge on any atom is 0.421 e. The molecule has 0 saturated carbocycles. The molecule has 0 aliphatic carbocycles. The number of halogens is 4. The van der Waals surface area contributed by atoms with Crippen LogP contribution in [0.5, 0.6) is 0 Å². The molecule has 124 valence electrons. The van der Waals surface area contributed by atoms with Crippen molar-refractivity contribution in [2.45, 2.75) is 38.1 Å². The number of aliphatic hydroxyl groups is 1. The minimum Gasteiger partial charge on any atom is -0.466 e. The predicted molar refractivity (Wildman–Crippen MR) is 75.3 cm³/mol. The molecule has 0 radical (unpaired) electrons. The molecule has 8 heteroatoms. The summed E-state index contributed by atoms with van der Waals surface area (Å²) in [7, 11) is 0. The van der Waals surface area contributed by atoms with Crippen molar-refractivity contribution in [3.05, 3.63) is 34.3 Å². The van der Waals surface area contributed by atoms with E-state index in [1.165, 1.54) is 6.07 Å². The van der Waals surface area contributed by atoms with E-state index in [-0.39, 0.29) is 23.6 Å². The highest BCUT2D eigenvalue weighted by Gasteiger charge is 2.51. The van der Waals surface area contributed by atoms with Gasteiger partial charge < -0.3 is 15.6 Å². The molecule has 0 spiro atoms. The van der Waals surface area contributed by atoms with Crippen LogP contribution in [0.25, 0.3) is 0 Å². The Balaban J connectivity index is 3.12. The van der Waals surface area contributed by atoms with Gasteiger partial charge in [-0.1, -0.05) is 17.7 Å². The first kappa shape index (κ1) is 18.7.